The first-order valence-electron chi connectivity index (χ1n) is 7.74. The molecule has 1 N–H and O–H groups in total. The van der Waals surface area contributed by atoms with Crippen molar-refractivity contribution in [3.63, 3.8) is 0 Å². The highest BCUT2D eigenvalue weighted by Crippen LogP contribution is 2.25. The number of hydrogen-bond donors (Lipinski definition) is 1. The lowest BCUT2D eigenvalue weighted by atomic mass is 9.94. The molecule has 0 amide bonds. The molecule has 0 bridgehead atoms. The van der Waals surface area contributed by atoms with E-state index in [9.17, 15) is 0 Å². The molecule has 1 aromatic carbocycles. The van der Waals surface area contributed by atoms with Gasteiger partial charge in [-0.15, -0.1) is 0 Å². The second kappa shape index (κ2) is 7.06. The zero-order chi connectivity index (χ0) is 13.7. The number of nitrogens with zero attached hydrogens (tertiary/aromatic N) is 1. The third kappa shape index (κ3) is 3.80. The summed E-state index contributed by atoms with van der Waals surface area (Å²) in [5, 5.41) is 3.67. The lowest BCUT2D eigenvalue weighted by Crippen LogP contribution is -2.46. The standard InChI is InChI=1S/C17H28N2/c1-4-18-17(16-8-6-5-7-9-16)15(3)19-12-10-14(2)11-13-19/h5-9,14-15,17-18H,4,10-13H2,1-3H3. The van der Waals surface area contributed by atoms with Crippen molar-refractivity contribution < 1.29 is 0 Å². The van der Waals surface area contributed by atoms with Gasteiger partial charge >= 0.3 is 0 Å². The van der Waals surface area contributed by atoms with Crippen LogP contribution in [-0.4, -0.2) is 30.6 Å². The van der Waals surface area contributed by atoms with Crippen LogP contribution in [0.1, 0.15) is 45.2 Å². The molecule has 0 radical (unpaired) electrons. The predicted molar refractivity (Wildman–Crippen MR) is 82.3 cm³/mol. The third-order valence-electron chi connectivity index (χ3n) is 4.46. The van der Waals surface area contributed by atoms with E-state index >= 15 is 0 Å². The Morgan fingerprint density at radius 1 is 1.21 bits per heavy atom. The van der Waals surface area contributed by atoms with E-state index in [0.717, 1.165) is 12.5 Å². The van der Waals surface area contributed by atoms with E-state index < -0.39 is 0 Å². The maximum absolute atomic E-state index is 3.67. The molecule has 2 heteroatoms. The molecule has 19 heavy (non-hydrogen) atoms. The highest BCUT2D eigenvalue weighted by atomic mass is 15.2. The van der Waals surface area contributed by atoms with Gasteiger partial charge in [-0.2, -0.15) is 0 Å². The minimum Gasteiger partial charge on any atom is -0.309 e. The minimum atomic E-state index is 0.444. The second-order valence-electron chi connectivity index (χ2n) is 5.91. The van der Waals surface area contributed by atoms with E-state index in [2.05, 4.69) is 61.3 Å². The first kappa shape index (κ1) is 14.5. The lowest BCUT2D eigenvalue weighted by molar-refractivity contribution is 0.121. The number of nitrogens with one attached hydrogen (secondary N) is 1. The average molecular weight is 260 g/mol. The largest absolute Gasteiger partial charge is 0.309 e. The van der Waals surface area contributed by atoms with E-state index in [0.29, 0.717) is 12.1 Å². The maximum Gasteiger partial charge on any atom is 0.0475 e. The van der Waals surface area contributed by atoms with Crippen LogP contribution >= 0.6 is 0 Å². The second-order valence-corrected chi connectivity index (χ2v) is 5.91. The Kier molecular flexibility index (Phi) is 5.41. The minimum absolute atomic E-state index is 0.444. The number of rotatable bonds is 5. The molecule has 1 fully saturated rings. The summed E-state index contributed by atoms with van der Waals surface area (Å²) in [6, 6.07) is 11.9. The van der Waals surface area contributed by atoms with Gasteiger partial charge in [-0.05, 0) is 50.9 Å². The summed E-state index contributed by atoms with van der Waals surface area (Å²) in [5.74, 6) is 0.901. The first-order valence-corrected chi connectivity index (χ1v) is 7.74. The molecule has 2 atom stereocenters. The molecular weight excluding hydrogens is 232 g/mol. The number of likely N-dealkylation sites (tertiary alicyclic amines) is 1. The van der Waals surface area contributed by atoms with Crippen LogP contribution in [0.3, 0.4) is 0 Å². The molecule has 1 aliphatic heterocycles. The number of likely N-dealkylation sites (N-methyl/N-ethyl adjacent to an activating group) is 1. The average Bonchev–Trinajstić information content (AvgIpc) is 2.46. The predicted octanol–water partition coefficient (Wildman–Crippen LogP) is 3.46. The fourth-order valence-corrected chi connectivity index (χ4v) is 3.09. The molecule has 106 valence electrons. The van der Waals surface area contributed by atoms with Crippen molar-refractivity contribution in [2.75, 3.05) is 19.6 Å². The molecule has 0 spiro atoms. The summed E-state index contributed by atoms with van der Waals surface area (Å²) in [5.41, 5.74) is 1.41. The highest BCUT2D eigenvalue weighted by Gasteiger charge is 2.26. The van der Waals surface area contributed by atoms with Crippen LogP contribution in [0.15, 0.2) is 30.3 Å². The molecule has 1 aromatic rings. The highest BCUT2D eigenvalue weighted by molar-refractivity contribution is 5.20. The number of benzene rings is 1. The van der Waals surface area contributed by atoms with E-state index in [4.69, 9.17) is 0 Å². The molecule has 1 heterocycles. The molecule has 2 unspecified atom stereocenters. The summed E-state index contributed by atoms with van der Waals surface area (Å²) < 4.78 is 0. The van der Waals surface area contributed by atoms with Gasteiger partial charge in [0.15, 0.2) is 0 Å². The van der Waals surface area contributed by atoms with Crippen molar-refractivity contribution in [3.8, 4) is 0 Å². The number of piperidine rings is 1. The van der Waals surface area contributed by atoms with Gasteiger partial charge in [0.05, 0.1) is 0 Å². The molecule has 2 nitrogen and oxygen atoms in total. The third-order valence-corrected chi connectivity index (χ3v) is 4.46. The fraction of sp³-hybridized carbons (Fsp3) is 0.647. The molecule has 0 aliphatic carbocycles. The van der Waals surface area contributed by atoms with Gasteiger partial charge in [0.1, 0.15) is 0 Å². The van der Waals surface area contributed by atoms with Crippen LogP contribution < -0.4 is 5.32 Å². The summed E-state index contributed by atoms with van der Waals surface area (Å²) in [7, 11) is 0. The molecule has 2 rings (SSSR count). The molecular formula is C17H28N2. The Morgan fingerprint density at radius 2 is 1.84 bits per heavy atom. The number of hydrogen-bond acceptors (Lipinski definition) is 2. The van der Waals surface area contributed by atoms with Gasteiger partial charge in [-0.1, -0.05) is 44.2 Å². The summed E-state index contributed by atoms with van der Waals surface area (Å²) in [6.07, 6.45) is 2.69. The van der Waals surface area contributed by atoms with E-state index in [1.54, 1.807) is 0 Å². The van der Waals surface area contributed by atoms with Crippen LogP contribution in [-0.2, 0) is 0 Å². The first-order chi connectivity index (χ1) is 9.22. The summed E-state index contributed by atoms with van der Waals surface area (Å²) >= 11 is 0. The zero-order valence-corrected chi connectivity index (χ0v) is 12.6. The molecule has 0 aromatic heterocycles. The van der Waals surface area contributed by atoms with Crippen LogP contribution in [0.25, 0.3) is 0 Å². The van der Waals surface area contributed by atoms with Crippen LogP contribution in [0.4, 0.5) is 0 Å². The fourth-order valence-electron chi connectivity index (χ4n) is 3.09. The van der Waals surface area contributed by atoms with E-state index in [1.807, 2.05) is 0 Å². The SMILES string of the molecule is CCNC(c1ccccc1)C(C)N1CCC(C)CC1. The summed E-state index contributed by atoms with van der Waals surface area (Å²) in [6.45, 7) is 10.5. The Hall–Kier alpha value is -0.860. The van der Waals surface area contributed by atoms with Crippen LogP contribution in [0, 0.1) is 5.92 Å². The van der Waals surface area contributed by atoms with Crippen molar-refractivity contribution in [2.45, 2.75) is 45.7 Å². The van der Waals surface area contributed by atoms with Crippen molar-refractivity contribution in [2.24, 2.45) is 5.92 Å². The van der Waals surface area contributed by atoms with E-state index in [1.165, 1.54) is 31.5 Å². The Labute approximate surface area is 118 Å². The Balaban J connectivity index is 2.06. The summed E-state index contributed by atoms with van der Waals surface area (Å²) in [4.78, 5) is 2.65. The Morgan fingerprint density at radius 3 is 2.42 bits per heavy atom. The van der Waals surface area contributed by atoms with Crippen molar-refractivity contribution in [1.82, 2.24) is 10.2 Å². The van der Waals surface area contributed by atoms with Crippen LogP contribution in [0.2, 0.25) is 0 Å². The molecule has 1 saturated heterocycles. The molecule has 0 saturated carbocycles. The lowest BCUT2D eigenvalue weighted by Gasteiger charge is -2.39. The van der Waals surface area contributed by atoms with Gasteiger partial charge in [0.2, 0.25) is 0 Å². The van der Waals surface area contributed by atoms with Gasteiger partial charge in [-0.3, -0.25) is 4.90 Å². The monoisotopic (exact) mass is 260 g/mol. The van der Waals surface area contributed by atoms with Gasteiger partial charge < -0.3 is 5.32 Å². The van der Waals surface area contributed by atoms with Gasteiger partial charge in [0, 0.05) is 12.1 Å². The van der Waals surface area contributed by atoms with Gasteiger partial charge in [-0.25, -0.2) is 0 Å². The smallest absolute Gasteiger partial charge is 0.0475 e. The van der Waals surface area contributed by atoms with Crippen molar-refractivity contribution >= 4 is 0 Å². The zero-order valence-electron chi connectivity index (χ0n) is 12.6. The van der Waals surface area contributed by atoms with Crippen molar-refractivity contribution in [3.05, 3.63) is 35.9 Å². The molecule has 1 aliphatic rings. The van der Waals surface area contributed by atoms with Crippen molar-refractivity contribution in [1.29, 1.82) is 0 Å². The maximum atomic E-state index is 3.67. The van der Waals surface area contributed by atoms with Gasteiger partial charge in [0.25, 0.3) is 0 Å². The van der Waals surface area contributed by atoms with E-state index in [-0.39, 0.29) is 0 Å². The van der Waals surface area contributed by atoms with Crippen LogP contribution in [0.5, 0.6) is 0 Å². The topological polar surface area (TPSA) is 15.3 Å². The normalized spacial score (nSPS) is 21.2. The quantitative estimate of drug-likeness (QED) is 0.872. The Bertz CT molecular complexity index is 355.